The second-order valence-electron chi connectivity index (χ2n) is 5.02. The molecule has 0 saturated carbocycles. The smallest absolute Gasteiger partial charge is 0.251 e. The van der Waals surface area contributed by atoms with Crippen LogP contribution in [-0.4, -0.2) is 34.8 Å². The van der Waals surface area contributed by atoms with Crippen molar-refractivity contribution in [3.05, 3.63) is 51.4 Å². The van der Waals surface area contributed by atoms with Gasteiger partial charge in [-0.15, -0.1) is 11.3 Å². The third-order valence-corrected chi connectivity index (χ3v) is 4.76. The van der Waals surface area contributed by atoms with E-state index < -0.39 is 6.04 Å². The molecule has 24 heavy (non-hydrogen) atoms. The van der Waals surface area contributed by atoms with Gasteiger partial charge in [0.15, 0.2) is 0 Å². The number of nitrogens with one attached hydrogen (secondary N) is 2. The van der Waals surface area contributed by atoms with E-state index in [-0.39, 0.29) is 11.8 Å². The Balaban J connectivity index is 1.98. The average molecular weight is 384 g/mol. The van der Waals surface area contributed by atoms with Gasteiger partial charge in [0.05, 0.1) is 17.7 Å². The molecule has 0 aliphatic carbocycles. The molecular weight excluding hydrogens is 366 g/mol. The molecule has 2 amide bonds. The quantitative estimate of drug-likeness (QED) is 0.735. The van der Waals surface area contributed by atoms with Crippen LogP contribution in [0.2, 0.25) is 5.02 Å². The highest BCUT2D eigenvalue weighted by molar-refractivity contribution is 7.98. The van der Waals surface area contributed by atoms with Crippen LogP contribution < -0.4 is 10.6 Å². The molecule has 0 spiro atoms. The van der Waals surface area contributed by atoms with Crippen molar-refractivity contribution >= 4 is 46.5 Å². The fourth-order valence-corrected chi connectivity index (χ4v) is 3.22. The second-order valence-corrected chi connectivity index (χ2v) is 7.16. The molecule has 0 aliphatic heterocycles. The molecule has 0 aliphatic rings. The van der Waals surface area contributed by atoms with E-state index >= 15 is 0 Å². The Morgan fingerprint density at radius 1 is 1.42 bits per heavy atom. The predicted octanol–water partition coefficient (Wildman–Crippen LogP) is 2.96. The summed E-state index contributed by atoms with van der Waals surface area (Å²) >= 11 is 9.01. The molecule has 2 rings (SSSR count). The summed E-state index contributed by atoms with van der Waals surface area (Å²) in [4.78, 5) is 28.9. The summed E-state index contributed by atoms with van der Waals surface area (Å²) in [6, 6.07) is 6.05. The molecule has 2 N–H and O–H groups in total. The van der Waals surface area contributed by atoms with Crippen molar-refractivity contribution in [3.8, 4) is 0 Å². The van der Waals surface area contributed by atoms with Crippen molar-refractivity contribution in [1.82, 2.24) is 15.6 Å². The summed E-state index contributed by atoms with van der Waals surface area (Å²) in [7, 11) is 0. The van der Waals surface area contributed by atoms with E-state index in [0.29, 0.717) is 23.6 Å². The number of carbonyl (C=O) groups is 2. The van der Waals surface area contributed by atoms with Crippen LogP contribution in [0.25, 0.3) is 0 Å². The van der Waals surface area contributed by atoms with E-state index in [1.807, 2.05) is 11.6 Å². The average Bonchev–Trinajstić information content (AvgIpc) is 3.09. The molecule has 0 unspecified atom stereocenters. The first-order valence-electron chi connectivity index (χ1n) is 7.30. The molecular formula is C16H18ClN3O2S2. The lowest BCUT2D eigenvalue weighted by atomic mass is 10.1. The molecule has 0 bridgehead atoms. The first-order chi connectivity index (χ1) is 11.6. The molecule has 1 atom stereocenters. The zero-order chi connectivity index (χ0) is 17.4. The van der Waals surface area contributed by atoms with E-state index in [0.717, 1.165) is 11.4 Å². The summed E-state index contributed by atoms with van der Waals surface area (Å²) < 4.78 is 0. The van der Waals surface area contributed by atoms with Crippen molar-refractivity contribution in [2.75, 3.05) is 12.0 Å². The van der Waals surface area contributed by atoms with Crippen LogP contribution in [0, 0.1) is 0 Å². The molecule has 2 aromatic rings. The summed E-state index contributed by atoms with van der Waals surface area (Å²) in [5.41, 5.74) is 2.95. The monoisotopic (exact) mass is 383 g/mol. The Bertz CT molecular complexity index is 680. The molecule has 0 radical (unpaired) electrons. The summed E-state index contributed by atoms with van der Waals surface area (Å²) in [6.07, 6.45) is 2.51. The lowest BCUT2D eigenvalue weighted by Crippen LogP contribution is -2.46. The Hall–Kier alpha value is -1.57. The number of amides is 2. The van der Waals surface area contributed by atoms with Crippen molar-refractivity contribution in [2.24, 2.45) is 0 Å². The van der Waals surface area contributed by atoms with Crippen LogP contribution in [0.1, 0.15) is 22.5 Å². The van der Waals surface area contributed by atoms with Gasteiger partial charge in [0, 0.05) is 16.0 Å². The lowest BCUT2D eigenvalue weighted by molar-refractivity contribution is -0.123. The Labute approximate surface area is 154 Å². The van der Waals surface area contributed by atoms with Gasteiger partial charge < -0.3 is 10.6 Å². The van der Waals surface area contributed by atoms with Gasteiger partial charge in [0.2, 0.25) is 5.91 Å². The van der Waals surface area contributed by atoms with E-state index in [9.17, 15) is 9.59 Å². The lowest BCUT2D eigenvalue weighted by Gasteiger charge is -2.18. The third kappa shape index (κ3) is 5.81. The highest BCUT2D eigenvalue weighted by Crippen LogP contribution is 2.11. The number of thioether (sulfide) groups is 1. The largest absolute Gasteiger partial charge is 0.349 e. The molecule has 8 heteroatoms. The van der Waals surface area contributed by atoms with Crippen LogP contribution in [0.15, 0.2) is 35.2 Å². The highest BCUT2D eigenvalue weighted by Gasteiger charge is 2.21. The van der Waals surface area contributed by atoms with E-state index in [4.69, 9.17) is 11.6 Å². The summed E-state index contributed by atoms with van der Waals surface area (Å²) in [5.74, 6) is 0.241. The molecule has 0 saturated heterocycles. The number of benzene rings is 1. The molecule has 128 valence electrons. The van der Waals surface area contributed by atoms with Crippen molar-refractivity contribution < 1.29 is 9.59 Å². The van der Waals surface area contributed by atoms with Gasteiger partial charge in [0.25, 0.3) is 5.91 Å². The van der Waals surface area contributed by atoms with E-state index in [1.165, 1.54) is 11.3 Å². The Kier molecular flexibility index (Phi) is 7.55. The van der Waals surface area contributed by atoms with Crippen LogP contribution in [0.5, 0.6) is 0 Å². The minimum absolute atomic E-state index is 0.215. The van der Waals surface area contributed by atoms with E-state index in [2.05, 4.69) is 15.6 Å². The molecule has 1 aromatic carbocycles. The molecule has 0 fully saturated rings. The van der Waals surface area contributed by atoms with E-state index in [1.54, 1.807) is 41.5 Å². The normalized spacial score (nSPS) is 11.8. The molecule has 1 aromatic heterocycles. The zero-order valence-electron chi connectivity index (χ0n) is 13.1. The number of hydrogen-bond donors (Lipinski definition) is 2. The Morgan fingerprint density at radius 2 is 2.25 bits per heavy atom. The van der Waals surface area contributed by atoms with Gasteiger partial charge >= 0.3 is 0 Å². The van der Waals surface area contributed by atoms with Crippen LogP contribution in [-0.2, 0) is 11.3 Å². The number of rotatable bonds is 8. The maximum absolute atomic E-state index is 12.4. The highest BCUT2D eigenvalue weighted by atomic mass is 35.5. The van der Waals surface area contributed by atoms with Gasteiger partial charge in [-0.2, -0.15) is 11.8 Å². The van der Waals surface area contributed by atoms with Gasteiger partial charge in [0.1, 0.15) is 6.04 Å². The predicted molar refractivity (Wildman–Crippen MR) is 99.7 cm³/mol. The van der Waals surface area contributed by atoms with Gasteiger partial charge in [-0.25, -0.2) is 4.98 Å². The Morgan fingerprint density at radius 3 is 2.92 bits per heavy atom. The number of thiazole rings is 1. The fraction of sp³-hybridized carbons (Fsp3) is 0.312. The zero-order valence-corrected chi connectivity index (χ0v) is 15.5. The maximum atomic E-state index is 12.4. The molecule has 5 nitrogen and oxygen atoms in total. The van der Waals surface area contributed by atoms with Gasteiger partial charge in [-0.1, -0.05) is 17.7 Å². The first kappa shape index (κ1) is 18.8. The number of halogens is 1. The SMILES string of the molecule is CSCC[C@H](NC(=O)c1cccc(Cl)c1)C(=O)NCc1cscn1. The number of aromatic nitrogens is 1. The number of carbonyl (C=O) groups excluding carboxylic acids is 2. The van der Waals surface area contributed by atoms with Crippen molar-refractivity contribution in [3.63, 3.8) is 0 Å². The second kappa shape index (κ2) is 9.66. The first-order valence-corrected chi connectivity index (χ1v) is 10.0. The third-order valence-electron chi connectivity index (χ3n) is 3.25. The summed E-state index contributed by atoms with van der Waals surface area (Å²) in [6.45, 7) is 0.352. The van der Waals surface area contributed by atoms with Crippen LogP contribution in [0.4, 0.5) is 0 Å². The topological polar surface area (TPSA) is 71.1 Å². The maximum Gasteiger partial charge on any atom is 0.251 e. The standard InChI is InChI=1S/C16H18ClN3O2S2/c1-23-6-5-14(16(22)18-8-13-9-24-10-19-13)20-15(21)11-3-2-4-12(17)7-11/h2-4,7,9-10,14H,5-6,8H2,1H3,(H,18,22)(H,20,21)/t14-/m0/s1. The van der Waals surface area contributed by atoms with Gasteiger partial charge in [-0.3, -0.25) is 9.59 Å². The fourth-order valence-electron chi connectivity index (χ4n) is 2.00. The summed E-state index contributed by atoms with van der Waals surface area (Å²) in [5, 5.41) is 7.96. The number of hydrogen-bond acceptors (Lipinski definition) is 5. The van der Waals surface area contributed by atoms with Crippen LogP contribution in [0.3, 0.4) is 0 Å². The van der Waals surface area contributed by atoms with Gasteiger partial charge in [-0.05, 0) is 36.6 Å². The number of nitrogens with zero attached hydrogens (tertiary/aromatic N) is 1. The minimum Gasteiger partial charge on any atom is -0.349 e. The van der Waals surface area contributed by atoms with Crippen molar-refractivity contribution in [1.29, 1.82) is 0 Å². The molecule has 1 heterocycles. The van der Waals surface area contributed by atoms with Crippen LogP contribution >= 0.6 is 34.7 Å². The minimum atomic E-state index is -0.595. The van der Waals surface area contributed by atoms with Crippen molar-refractivity contribution in [2.45, 2.75) is 19.0 Å².